The molecule has 4 nitrogen and oxygen atoms in total. The zero-order valence-electron chi connectivity index (χ0n) is 13.1. The molecule has 0 heterocycles. The van der Waals surface area contributed by atoms with Crippen molar-refractivity contribution in [3.8, 4) is 0 Å². The molecule has 6 heteroatoms. The molecule has 0 aliphatic carbocycles. The lowest BCUT2D eigenvalue weighted by Gasteiger charge is -2.09. The highest BCUT2D eigenvalue weighted by Crippen LogP contribution is 2.18. The van der Waals surface area contributed by atoms with Gasteiger partial charge < -0.3 is 4.74 Å². The Balaban J connectivity index is 2.36. The average molecular weight is 365 g/mol. The number of carbonyl (C=O) groups excluding carboxylic acids is 1. The van der Waals surface area contributed by atoms with E-state index in [0.717, 1.165) is 0 Å². The number of carbonyl (C=O) groups is 1. The number of hydrogen-bond donors (Lipinski definition) is 0. The summed E-state index contributed by atoms with van der Waals surface area (Å²) in [5.74, 6) is -1.08. The van der Waals surface area contributed by atoms with E-state index >= 15 is 0 Å². The lowest BCUT2D eigenvalue weighted by atomic mass is 10.1. The molecule has 0 saturated heterocycles. The van der Waals surface area contributed by atoms with Crippen molar-refractivity contribution in [1.29, 1.82) is 0 Å². The van der Waals surface area contributed by atoms with Crippen LogP contribution in [0.2, 0.25) is 5.02 Å². The number of hydrogen-bond acceptors (Lipinski definition) is 4. The third kappa shape index (κ3) is 4.94. The number of esters is 1. The molecule has 0 aromatic heterocycles. The molecule has 2 aromatic rings. The molecule has 0 fully saturated rings. The molecule has 0 spiro atoms. The van der Waals surface area contributed by atoms with Crippen molar-refractivity contribution >= 4 is 33.5 Å². The number of ether oxygens (including phenoxy) is 1. The maximum Gasteiger partial charge on any atom is 0.335 e. The number of halogens is 1. The lowest BCUT2D eigenvalue weighted by molar-refractivity contribution is -0.138. The third-order valence-electron chi connectivity index (χ3n) is 3.20. The Labute approximate surface area is 146 Å². The van der Waals surface area contributed by atoms with Gasteiger partial charge in [-0.2, -0.15) is 0 Å². The predicted octanol–water partition coefficient (Wildman–Crippen LogP) is 3.76. The number of benzene rings is 2. The standard InChI is InChI=1S/C18H17ClO4S/c1-2-23-18(20)15(12-14-8-10-16(19)11-9-14)13-24(21,22)17-6-4-3-5-7-17/h3-12H,2,13H2,1H3/b15-12+. The Morgan fingerprint density at radius 1 is 1.08 bits per heavy atom. The molecule has 0 radical (unpaired) electrons. The second-order valence-electron chi connectivity index (χ2n) is 5.01. The molecule has 0 amide bonds. The molecule has 0 unspecified atom stereocenters. The van der Waals surface area contributed by atoms with Crippen LogP contribution in [-0.4, -0.2) is 26.7 Å². The molecular weight excluding hydrogens is 348 g/mol. The first kappa shape index (κ1) is 18.2. The highest BCUT2D eigenvalue weighted by molar-refractivity contribution is 7.91. The minimum Gasteiger partial charge on any atom is -0.463 e. The van der Waals surface area contributed by atoms with Crippen molar-refractivity contribution in [1.82, 2.24) is 0 Å². The van der Waals surface area contributed by atoms with Crippen molar-refractivity contribution < 1.29 is 17.9 Å². The van der Waals surface area contributed by atoms with Crippen LogP contribution >= 0.6 is 11.6 Å². The van der Waals surface area contributed by atoms with E-state index in [2.05, 4.69) is 0 Å². The van der Waals surface area contributed by atoms with Gasteiger partial charge in [-0.25, -0.2) is 13.2 Å². The van der Waals surface area contributed by atoms with Crippen LogP contribution < -0.4 is 0 Å². The van der Waals surface area contributed by atoms with Gasteiger partial charge in [0.15, 0.2) is 9.84 Å². The van der Waals surface area contributed by atoms with E-state index in [1.54, 1.807) is 49.4 Å². The van der Waals surface area contributed by atoms with Crippen LogP contribution in [0.4, 0.5) is 0 Å². The van der Waals surface area contributed by atoms with Gasteiger partial charge in [0.1, 0.15) is 0 Å². The molecule has 0 N–H and O–H groups in total. The van der Waals surface area contributed by atoms with Crippen LogP contribution in [0, 0.1) is 0 Å². The predicted molar refractivity (Wildman–Crippen MR) is 94.6 cm³/mol. The molecule has 0 aliphatic heterocycles. The molecule has 0 aliphatic rings. The first-order chi connectivity index (χ1) is 11.4. The second kappa shape index (κ2) is 8.13. The molecule has 0 bridgehead atoms. The summed E-state index contributed by atoms with van der Waals surface area (Å²) in [4.78, 5) is 12.3. The fourth-order valence-corrected chi connectivity index (χ4v) is 3.53. The normalized spacial score (nSPS) is 12.0. The van der Waals surface area contributed by atoms with Crippen molar-refractivity contribution in [2.45, 2.75) is 11.8 Å². The van der Waals surface area contributed by atoms with E-state index in [1.807, 2.05) is 0 Å². The van der Waals surface area contributed by atoms with Gasteiger partial charge in [0.25, 0.3) is 0 Å². The highest BCUT2D eigenvalue weighted by Gasteiger charge is 2.21. The van der Waals surface area contributed by atoms with Gasteiger partial charge in [0.2, 0.25) is 0 Å². The van der Waals surface area contributed by atoms with Gasteiger partial charge in [0, 0.05) is 5.02 Å². The first-order valence-electron chi connectivity index (χ1n) is 7.33. The van der Waals surface area contributed by atoms with E-state index in [0.29, 0.717) is 10.6 Å². The Morgan fingerprint density at radius 3 is 2.29 bits per heavy atom. The first-order valence-corrected chi connectivity index (χ1v) is 9.36. The zero-order chi connectivity index (χ0) is 17.6. The lowest BCUT2D eigenvalue weighted by Crippen LogP contribution is -2.17. The van der Waals surface area contributed by atoms with Crippen molar-refractivity contribution in [3.63, 3.8) is 0 Å². The van der Waals surface area contributed by atoms with Gasteiger partial charge in [-0.3, -0.25) is 0 Å². The molecule has 0 saturated carbocycles. The Bertz CT molecular complexity index is 825. The van der Waals surface area contributed by atoms with Gasteiger partial charge in [-0.05, 0) is 42.8 Å². The van der Waals surface area contributed by atoms with Crippen LogP contribution in [0.1, 0.15) is 12.5 Å². The third-order valence-corrected chi connectivity index (χ3v) is 5.13. The van der Waals surface area contributed by atoms with E-state index in [1.165, 1.54) is 18.2 Å². The van der Waals surface area contributed by atoms with Crippen LogP contribution in [-0.2, 0) is 19.4 Å². The minimum absolute atomic E-state index is 0.0722. The van der Waals surface area contributed by atoms with Gasteiger partial charge in [-0.1, -0.05) is 41.9 Å². The fourth-order valence-electron chi connectivity index (χ4n) is 2.06. The quantitative estimate of drug-likeness (QED) is 0.578. The molecular formula is C18H17ClO4S. The van der Waals surface area contributed by atoms with Gasteiger partial charge in [-0.15, -0.1) is 0 Å². The summed E-state index contributed by atoms with van der Waals surface area (Å²) in [5.41, 5.74) is 0.744. The second-order valence-corrected chi connectivity index (χ2v) is 7.44. The Kier molecular flexibility index (Phi) is 6.17. The largest absolute Gasteiger partial charge is 0.463 e. The van der Waals surface area contributed by atoms with Crippen LogP contribution in [0.3, 0.4) is 0 Å². The fraction of sp³-hybridized carbons (Fsp3) is 0.167. The van der Waals surface area contributed by atoms with Gasteiger partial charge in [0.05, 0.1) is 22.8 Å². The highest BCUT2D eigenvalue weighted by atomic mass is 35.5. The summed E-state index contributed by atoms with van der Waals surface area (Å²) < 4.78 is 30.0. The summed E-state index contributed by atoms with van der Waals surface area (Å²) in [7, 11) is -3.65. The molecule has 2 rings (SSSR count). The smallest absolute Gasteiger partial charge is 0.335 e. The monoisotopic (exact) mass is 364 g/mol. The van der Waals surface area contributed by atoms with E-state index < -0.39 is 21.6 Å². The molecule has 126 valence electrons. The van der Waals surface area contributed by atoms with Crippen LogP contribution in [0.15, 0.2) is 65.1 Å². The van der Waals surface area contributed by atoms with E-state index in [9.17, 15) is 13.2 Å². The number of sulfone groups is 1. The van der Waals surface area contributed by atoms with Crippen molar-refractivity contribution in [2.75, 3.05) is 12.4 Å². The summed E-state index contributed by atoms with van der Waals surface area (Å²) in [6, 6.07) is 14.8. The summed E-state index contributed by atoms with van der Waals surface area (Å²) in [6.45, 7) is 1.84. The maximum absolute atomic E-state index is 12.5. The van der Waals surface area contributed by atoms with Crippen LogP contribution in [0.5, 0.6) is 0 Å². The van der Waals surface area contributed by atoms with Crippen LogP contribution in [0.25, 0.3) is 6.08 Å². The molecule has 24 heavy (non-hydrogen) atoms. The number of rotatable bonds is 6. The molecule has 0 atom stereocenters. The van der Waals surface area contributed by atoms with E-state index in [4.69, 9.17) is 16.3 Å². The Morgan fingerprint density at radius 2 is 1.71 bits per heavy atom. The van der Waals surface area contributed by atoms with Crippen molar-refractivity contribution in [2.24, 2.45) is 0 Å². The minimum atomic E-state index is -3.65. The van der Waals surface area contributed by atoms with Crippen molar-refractivity contribution in [3.05, 3.63) is 70.8 Å². The summed E-state index contributed by atoms with van der Waals surface area (Å²) in [5, 5.41) is 0.557. The van der Waals surface area contributed by atoms with E-state index in [-0.39, 0.29) is 17.1 Å². The summed E-state index contributed by atoms with van der Waals surface area (Å²) >= 11 is 5.84. The molecule has 2 aromatic carbocycles. The zero-order valence-corrected chi connectivity index (χ0v) is 14.7. The summed E-state index contributed by atoms with van der Waals surface area (Å²) in [6.07, 6.45) is 1.51. The SMILES string of the molecule is CCOC(=O)/C(=C/c1ccc(Cl)cc1)CS(=O)(=O)c1ccccc1. The van der Waals surface area contributed by atoms with Gasteiger partial charge >= 0.3 is 5.97 Å². The Hall–Kier alpha value is -2.11. The average Bonchev–Trinajstić information content (AvgIpc) is 2.57. The maximum atomic E-state index is 12.5. The topological polar surface area (TPSA) is 60.4 Å².